The summed E-state index contributed by atoms with van der Waals surface area (Å²) in [6.07, 6.45) is -1.84. The van der Waals surface area contributed by atoms with Gasteiger partial charge in [-0.05, 0) is 111 Å². The summed E-state index contributed by atoms with van der Waals surface area (Å²) in [7, 11) is -11.7. The number of hydrogen-bond acceptors (Lipinski definition) is 16. The number of esters is 1. The van der Waals surface area contributed by atoms with Gasteiger partial charge in [0.2, 0.25) is 16.6 Å². The Labute approximate surface area is 467 Å². The average Bonchev–Trinajstić information content (AvgIpc) is 3.62. The van der Waals surface area contributed by atoms with Crippen molar-refractivity contribution in [2.24, 2.45) is 40.2 Å². The number of nitrogens with one attached hydrogen (secondary N) is 2. The zero-order valence-corrected chi connectivity index (χ0v) is 47.9. The van der Waals surface area contributed by atoms with Crippen molar-refractivity contribution in [3.8, 4) is 11.8 Å². The van der Waals surface area contributed by atoms with E-state index in [9.17, 15) is 62.0 Å². The highest BCUT2D eigenvalue weighted by atomic mass is 32.2. The average molecular weight is 1190 g/mol. The molecule has 7 N–H and O–H groups in total. The maximum Gasteiger partial charge on any atom is 0.481 e. The number of halogens is 3. The van der Waals surface area contributed by atoms with Crippen molar-refractivity contribution in [2.45, 2.75) is 166 Å². The Balaban J connectivity index is 1.15. The fourth-order valence-electron chi connectivity index (χ4n) is 12.2. The van der Waals surface area contributed by atoms with Crippen molar-refractivity contribution in [3.63, 3.8) is 0 Å². The maximum absolute atomic E-state index is 18.8. The van der Waals surface area contributed by atoms with E-state index in [1.807, 2.05) is 0 Å². The fourth-order valence-corrected chi connectivity index (χ4v) is 15.2. The maximum atomic E-state index is 18.8. The number of Topliss-reactive ketones (excluding diaryl/α,β-unsaturated/α-hetero) is 2. The first-order chi connectivity index (χ1) is 37.6. The minimum absolute atomic E-state index is 0.0466. The molecule has 0 bridgehead atoms. The first-order valence-corrected chi connectivity index (χ1v) is 30.7. The second-order valence-electron chi connectivity index (χ2n) is 21.9. The molecule has 3 amide bonds. The SMILES string of the molecule is CCC(=O)O[C@]1(C(=O)SCF)[C@H](O)C[C@H]2[C@@H]3C[C@H](F)C4=CC(=O)C=C[C@]4(C)[C@@]3(F)[C@@H](OP(=O)(O)OP(=O)(O)OCc3ccc(CC(=O)[C@H](CCCNC(N)=O)NC(=O)[C@@H](CC(=O)COC4C#CCCCCC4)C(C)C)cc3)C[C@@]21C. The van der Waals surface area contributed by atoms with E-state index in [-0.39, 0.29) is 86.0 Å². The topological polar surface area (TPSA) is 311 Å². The Morgan fingerprint density at radius 2 is 1.70 bits per heavy atom. The Morgan fingerprint density at radius 1 is 1.00 bits per heavy atom. The number of aliphatic hydroxyl groups excluding tert-OH is 1. The number of aliphatic hydroxyl groups is 1. The zero-order valence-electron chi connectivity index (χ0n) is 45.3. The predicted octanol–water partition coefficient (Wildman–Crippen LogP) is 7.24. The van der Waals surface area contributed by atoms with Crippen LogP contribution in [0.4, 0.5) is 18.0 Å². The van der Waals surface area contributed by atoms with E-state index in [0.717, 1.165) is 43.9 Å². The summed E-state index contributed by atoms with van der Waals surface area (Å²) in [5.74, 6) is -0.908. The third-order valence-electron chi connectivity index (χ3n) is 16.3. The van der Waals surface area contributed by atoms with Crippen molar-refractivity contribution in [1.29, 1.82) is 0 Å². The number of allylic oxidation sites excluding steroid dienone is 4. The van der Waals surface area contributed by atoms with Crippen LogP contribution in [0.25, 0.3) is 0 Å². The van der Waals surface area contributed by atoms with E-state index >= 15 is 8.78 Å². The van der Waals surface area contributed by atoms with Crippen molar-refractivity contribution < 1.29 is 93.6 Å². The monoisotopic (exact) mass is 1190 g/mol. The lowest BCUT2D eigenvalue weighted by Gasteiger charge is -2.63. The number of hydrogen-bond donors (Lipinski definition) is 6. The second kappa shape index (κ2) is 26.8. The van der Waals surface area contributed by atoms with E-state index in [4.69, 9.17) is 28.6 Å². The Hall–Kier alpha value is -4.53. The molecule has 0 aliphatic heterocycles. The molecule has 6 rings (SSSR count). The molecule has 26 heteroatoms. The largest absolute Gasteiger partial charge is 0.481 e. The van der Waals surface area contributed by atoms with E-state index in [0.29, 0.717) is 12.0 Å². The molecule has 0 heterocycles. The number of carbonyl (C=O) groups is 7. The molecule has 80 heavy (non-hydrogen) atoms. The normalized spacial score (nSPS) is 31.1. The van der Waals surface area contributed by atoms with Crippen LogP contribution in [0.3, 0.4) is 0 Å². The number of primary amides is 1. The highest BCUT2D eigenvalue weighted by molar-refractivity contribution is 8.13. The van der Waals surface area contributed by atoms with Crippen LogP contribution in [-0.2, 0) is 73.8 Å². The number of carbonyl (C=O) groups excluding carboxylic acids is 7. The van der Waals surface area contributed by atoms with Crippen molar-refractivity contribution >= 4 is 67.8 Å². The smallest absolute Gasteiger partial charge is 0.447 e. The minimum atomic E-state index is -6.02. The van der Waals surface area contributed by atoms with Gasteiger partial charge in [0.05, 0.1) is 12.6 Å². The number of amides is 3. The molecular weight excluding hydrogens is 1110 g/mol. The molecule has 1 aromatic rings. The standard InChI is InChI=1S/C54H72F3N3O17P2S/c1-6-47(65)75-54(49(67)80-31-55)45(64)27-39-40-26-42(56)41-25-35(61)20-21-51(41,4)53(40,57)46(28-52(39,54)5)76-79(71,72)77-78(69,70)74-29-34-18-16-33(17-19-34)23-44(63)43(15-12-22-59-50(58)68)60-48(66)38(32(2)3)24-36(62)30-73-37-13-10-8-7-9-11-14-37/h16-21,25,32,37-40,42-43,45-46,64H,6-10,12-13,15,22-24,26-31H2,1-5H3,(H,60,66)(H,69,70)(H,71,72)(H3,58,59,68)/t37?,38-,39-,40-,42-,43-,45+,46-,51-,52-,53-,54-/m0/s1. The van der Waals surface area contributed by atoms with E-state index in [2.05, 4.69) is 22.5 Å². The van der Waals surface area contributed by atoms with Gasteiger partial charge in [-0.3, -0.25) is 37.8 Å². The Bertz CT molecular complexity index is 2740. The predicted molar refractivity (Wildman–Crippen MR) is 285 cm³/mol. The number of fused-ring (bicyclic) bond motifs is 5. The first kappa shape index (κ1) is 64.6. The van der Waals surface area contributed by atoms with E-state index in [1.165, 1.54) is 45.0 Å². The van der Waals surface area contributed by atoms with Gasteiger partial charge >= 0.3 is 27.6 Å². The third kappa shape index (κ3) is 14.4. The number of urea groups is 1. The lowest BCUT2D eigenvalue weighted by Crippen LogP contribution is -2.71. The van der Waals surface area contributed by atoms with Gasteiger partial charge in [0.1, 0.15) is 37.1 Å². The number of nitrogens with two attached hydrogens (primary N) is 1. The van der Waals surface area contributed by atoms with Crippen molar-refractivity contribution in [1.82, 2.24) is 10.6 Å². The summed E-state index contributed by atoms with van der Waals surface area (Å²) in [6.45, 7) is 6.53. The molecule has 0 aromatic heterocycles. The number of ether oxygens (including phenoxy) is 2. The van der Waals surface area contributed by atoms with E-state index in [1.54, 1.807) is 13.8 Å². The molecule has 442 valence electrons. The number of alkyl halides is 3. The summed E-state index contributed by atoms with van der Waals surface area (Å²) < 4.78 is 103. The summed E-state index contributed by atoms with van der Waals surface area (Å²) in [6, 6.07) is 2.52. The quantitative estimate of drug-likeness (QED) is 0.0230. The van der Waals surface area contributed by atoms with Gasteiger partial charge in [0.15, 0.2) is 23.0 Å². The third-order valence-corrected chi connectivity index (χ3v) is 19.6. The Kier molecular flexibility index (Phi) is 21.7. The molecule has 20 nitrogen and oxygen atoms in total. The van der Waals surface area contributed by atoms with Gasteiger partial charge in [-0.2, -0.15) is 4.31 Å². The molecule has 14 atom stereocenters. The molecule has 0 spiro atoms. The molecule has 3 fully saturated rings. The minimum Gasteiger partial charge on any atom is -0.447 e. The first-order valence-electron chi connectivity index (χ1n) is 26.7. The van der Waals surface area contributed by atoms with E-state index < -0.39 is 146 Å². The Morgan fingerprint density at radius 3 is 2.36 bits per heavy atom. The van der Waals surface area contributed by atoms with Crippen LogP contribution in [0.2, 0.25) is 0 Å². The number of benzene rings is 1. The number of phosphoric acid groups is 2. The van der Waals surface area contributed by atoms with Crippen LogP contribution in [-0.4, -0.2) is 116 Å². The number of rotatable bonds is 26. The van der Waals surface area contributed by atoms with Gasteiger partial charge in [-0.15, -0.1) is 5.92 Å². The molecule has 1 aromatic carbocycles. The van der Waals surface area contributed by atoms with Crippen LogP contribution in [0.15, 0.2) is 48.1 Å². The second-order valence-corrected chi connectivity index (χ2v) is 25.7. The highest BCUT2D eigenvalue weighted by Gasteiger charge is 2.80. The molecule has 3 saturated carbocycles. The molecule has 5 aliphatic rings. The lowest BCUT2D eigenvalue weighted by molar-refractivity contribution is -0.228. The van der Waals surface area contributed by atoms with Crippen LogP contribution < -0.4 is 16.4 Å². The summed E-state index contributed by atoms with van der Waals surface area (Å²) in [4.78, 5) is 114. The summed E-state index contributed by atoms with van der Waals surface area (Å²) >= 11 is 0.0466. The zero-order chi connectivity index (χ0) is 59.0. The van der Waals surface area contributed by atoms with Crippen LogP contribution in [0.5, 0.6) is 0 Å². The van der Waals surface area contributed by atoms with Gasteiger partial charge in [0, 0.05) is 54.9 Å². The van der Waals surface area contributed by atoms with Crippen molar-refractivity contribution in [3.05, 3.63) is 59.2 Å². The van der Waals surface area contributed by atoms with Crippen LogP contribution in [0.1, 0.15) is 123 Å². The van der Waals surface area contributed by atoms with Crippen LogP contribution >= 0.6 is 27.4 Å². The molecule has 0 radical (unpaired) electrons. The van der Waals surface area contributed by atoms with Gasteiger partial charge in [-0.1, -0.05) is 70.4 Å². The number of ketones is 3. The summed E-state index contributed by atoms with van der Waals surface area (Å²) in [5, 5.41) is 15.7. The van der Waals surface area contributed by atoms with Crippen LogP contribution in [0, 0.1) is 46.3 Å². The highest BCUT2D eigenvalue weighted by Crippen LogP contribution is 2.73. The molecular formula is C54H72F3N3O17P2S. The molecule has 0 saturated heterocycles. The lowest BCUT2D eigenvalue weighted by atomic mass is 9.44. The van der Waals surface area contributed by atoms with Crippen molar-refractivity contribution in [2.75, 3.05) is 19.2 Å². The van der Waals surface area contributed by atoms with Gasteiger partial charge in [-0.25, -0.2) is 27.1 Å². The van der Waals surface area contributed by atoms with Gasteiger partial charge < -0.3 is 40.7 Å². The number of phosphoric ester groups is 2. The molecule has 5 aliphatic carbocycles. The van der Waals surface area contributed by atoms with Gasteiger partial charge in [0.25, 0.3) is 0 Å². The molecule has 3 unspecified atom stereocenters. The fraction of sp³-hybridized carbons (Fsp3) is 0.648. The summed E-state index contributed by atoms with van der Waals surface area (Å²) in [5.41, 5.74) is -4.33. The number of thioether (sulfide) groups is 1.